The number of hydrogen-bond acceptors (Lipinski definition) is 5. The number of anilines is 1. The van der Waals surface area contributed by atoms with E-state index < -0.39 is 45.9 Å². The predicted molar refractivity (Wildman–Crippen MR) is 127 cm³/mol. The van der Waals surface area contributed by atoms with Crippen molar-refractivity contribution in [2.24, 2.45) is 0 Å². The second-order valence-corrected chi connectivity index (χ2v) is 7.66. The molecule has 1 N–H and O–H groups in total. The minimum Gasteiger partial charge on any atom is -0.493 e. The van der Waals surface area contributed by atoms with Crippen molar-refractivity contribution in [3.8, 4) is 22.9 Å². The molecule has 4 aromatic rings. The molecule has 0 spiro atoms. The van der Waals surface area contributed by atoms with Gasteiger partial charge < -0.3 is 14.8 Å². The van der Waals surface area contributed by atoms with E-state index in [9.17, 15) is 22.8 Å². The highest BCUT2D eigenvalue weighted by Crippen LogP contribution is 2.30. The number of pyridine rings is 2. The first-order valence-electron chi connectivity index (χ1n) is 10.5. The van der Waals surface area contributed by atoms with Gasteiger partial charge in [0.15, 0.2) is 17.4 Å². The van der Waals surface area contributed by atoms with Crippen LogP contribution in [0, 0.1) is 17.5 Å². The van der Waals surface area contributed by atoms with Crippen LogP contribution in [-0.4, -0.2) is 22.1 Å². The number of rotatable bonds is 7. The molecule has 7 nitrogen and oxygen atoms in total. The van der Waals surface area contributed by atoms with Gasteiger partial charge in [0.25, 0.3) is 11.5 Å². The zero-order valence-corrected chi connectivity index (χ0v) is 19.4. The zero-order chi connectivity index (χ0) is 25.8. The van der Waals surface area contributed by atoms with Gasteiger partial charge in [-0.25, -0.2) is 18.2 Å². The van der Waals surface area contributed by atoms with Gasteiger partial charge in [-0.15, -0.1) is 0 Å². The zero-order valence-electron chi connectivity index (χ0n) is 18.6. The summed E-state index contributed by atoms with van der Waals surface area (Å²) in [5.74, 6) is -3.94. The van der Waals surface area contributed by atoms with Crippen LogP contribution in [0.25, 0.3) is 5.69 Å². The lowest BCUT2D eigenvalue weighted by Gasteiger charge is -2.14. The lowest BCUT2D eigenvalue weighted by atomic mass is 10.2. The SMILES string of the molecule is CCOc1ccn(-c2ccc(F)cc2)c(=O)c1C(=O)Nc1cc(F)c(Oc2ccnc(Cl)c2)cc1F. The van der Waals surface area contributed by atoms with Gasteiger partial charge in [-0.1, -0.05) is 11.6 Å². The number of ether oxygens (including phenoxy) is 2. The third kappa shape index (κ3) is 5.33. The predicted octanol–water partition coefficient (Wildman–Crippen LogP) is 5.75. The van der Waals surface area contributed by atoms with Gasteiger partial charge in [-0.05, 0) is 43.3 Å². The number of benzene rings is 2. The van der Waals surface area contributed by atoms with Crippen molar-refractivity contribution in [2.45, 2.75) is 6.92 Å². The summed E-state index contributed by atoms with van der Waals surface area (Å²) in [5, 5.41) is 2.30. The molecule has 11 heteroatoms. The molecule has 0 fully saturated rings. The Morgan fingerprint density at radius 1 is 1.03 bits per heavy atom. The summed E-state index contributed by atoms with van der Waals surface area (Å²) in [6.45, 7) is 1.78. The molecule has 0 bridgehead atoms. The van der Waals surface area contributed by atoms with Gasteiger partial charge in [-0.2, -0.15) is 0 Å². The van der Waals surface area contributed by atoms with Crippen LogP contribution in [-0.2, 0) is 0 Å². The third-order valence-corrected chi connectivity index (χ3v) is 5.09. The van der Waals surface area contributed by atoms with Crippen LogP contribution in [0.4, 0.5) is 18.9 Å². The lowest BCUT2D eigenvalue weighted by Crippen LogP contribution is -2.29. The molecule has 184 valence electrons. The molecule has 36 heavy (non-hydrogen) atoms. The van der Waals surface area contributed by atoms with E-state index in [1.807, 2.05) is 0 Å². The Kier molecular flexibility index (Phi) is 7.25. The molecule has 0 aliphatic heterocycles. The Labute approximate surface area is 207 Å². The number of carbonyl (C=O) groups excluding carboxylic acids is 1. The summed E-state index contributed by atoms with van der Waals surface area (Å²) in [4.78, 5) is 30.0. The number of carbonyl (C=O) groups is 1. The molecule has 2 heterocycles. The highest BCUT2D eigenvalue weighted by Gasteiger charge is 2.22. The first-order chi connectivity index (χ1) is 17.3. The third-order valence-electron chi connectivity index (χ3n) is 4.88. The average Bonchev–Trinajstić information content (AvgIpc) is 2.83. The number of hydrogen-bond donors (Lipinski definition) is 1. The smallest absolute Gasteiger partial charge is 0.271 e. The van der Waals surface area contributed by atoms with E-state index >= 15 is 0 Å². The Morgan fingerprint density at radius 2 is 1.78 bits per heavy atom. The Morgan fingerprint density at radius 3 is 2.47 bits per heavy atom. The molecule has 2 aromatic heterocycles. The van der Waals surface area contributed by atoms with Crippen molar-refractivity contribution in [3.63, 3.8) is 0 Å². The first kappa shape index (κ1) is 24.8. The fourth-order valence-corrected chi connectivity index (χ4v) is 3.44. The lowest BCUT2D eigenvalue weighted by molar-refractivity contribution is 0.102. The minimum atomic E-state index is -1.03. The largest absolute Gasteiger partial charge is 0.493 e. The van der Waals surface area contributed by atoms with Crippen molar-refractivity contribution < 1.29 is 27.4 Å². The van der Waals surface area contributed by atoms with Crippen LogP contribution in [0.2, 0.25) is 5.15 Å². The molecule has 0 saturated heterocycles. The van der Waals surface area contributed by atoms with Crippen LogP contribution >= 0.6 is 11.6 Å². The molecule has 1 amide bonds. The van der Waals surface area contributed by atoms with E-state index in [0.717, 1.165) is 22.8 Å². The average molecular weight is 516 g/mol. The van der Waals surface area contributed by atoms with Crippen molar-refractivity contribution in [2.75, 3.05) is 11.9 Å². The normalized spacial score (nSPS) is 10.7. The summed E-state index contributed by atoms with van der Waals surface area (Å²) < 4.78 is 54.5. The molecule has 0 saturated carbocycles. The van der Waals surface area contributed by atoms with Crippen molar-refractivity contribution in [3.05, 3.63) is 106 Å². The van der Waals surface area contributed by atoms with E-state index in [1.54, 1.807) is 6.92 Å². The van der Waals surface area contributed by atoms with Gasteiger partial charge in [-0.3, -0.25) is 14.2 Å². The molecule has 4 rings (SSSR count). The van der Waals surface area contributed by atoms with Gasteiger partial charge in [0.05, 0.1) is 12.3 Å². The van der Waals surface area contributed by atoms with Gasteiger partial charge in [0.1, 0.15) is 28.0 Å². The van der Waals surface area contributed by atoms with Crippen LogP contribution < -0.4 is 20.3 Å². The summed E-state index contributed by atoms with van der Waals surface area (Å²) >= 11 is 5.77. The first-order valence-corrected chi connectivity index (χ1v) is 10.9. The fraction of sp³-hybridized carbons (Fsp3) is 0.0800. The number of nitrogens with one attached hydrogen (secondary N) is 1. The number of aromatic nitrogens is 2. The van der Waals surface area contributed by atoms with Crippen molar-refractivity contribution >= 4 is 23.2 Å². The highest BCUT2D eigenvalue weighted by atomic mass is 35.5. The van der Waals surface area contributed by atoms with Gasteiger partial charge in [0, 0.05) is 36.3 Å². The van der Waals surface area contributed by atoms with Crippen LogP contribution in [0.5, 0.6) is 17.2 Å². The summed E-state index contributed by atoms with van der Waals surface area (Å²) in [7, 11) is 0. The maximum atomic E-state index is 14.8. The van der Waals surface area contributed by atoms with E-state index in [4.69, 9.17) is 21.1 Å². The molecule has 0 atom stereocenters. The highest BCUT2D eigenvalue weighted by molar-refractivity contribution is 6.29. The van der Waals surface area contributed by atoms with Crippen LogP contribution in [0.3, 0.4) is 0 Å². The maximum Gasteiger partial charge on any atom is 0.271 e. The van der Waals surface area contributed by atoms with E-state index in [-0.39, 0.29) is 28.9 Å². The summed E-state index contributed by atoms with van der Waals surface area (Å²) in [6.07, 6.45) is 2.68. The quantitative estimate of drug-likeness (QED) is 0.317. The second kappa shape index (κ2) is 10.5. The van der Waals surface area contributed by atoms with Crippen LogP contribution in [0.15, 0.2) is 71.8 Å². The molecule has 0 unspecified atom stereocenters. The second-order valence-electron chi connectivity index (χ2n) is 7.27. The van der Waals surface area contributed by atoms with Crippen LogP contribution in [0.1, 0.15) is 17.3 Å². The molecule has 0 aliphatic carbocycles. The van der Waals surface area contributed by atoms with Crippen molar-refractivity contribution in [1.29, 1.82) is 0 Å². The van der Waals surface area contributed by atoms with Gasteiger partial charge >= 0.3 is 0 Å². The standard InChI is InChI=1S/C25H17ClF3N3O4/c1-2-35-20-8-10-32(15-5-3-14(27)4-6-15)25(34)23(20)24(33)31-19-12-18(29)21(13-17(19)28)36-16-7-9-30-22(26)11-16/h3-13H,2H2,1H3,(H,31,33). The Hall–Kier alpha value is -4.31. The molecular weight excluding hydrogens is 499 g/mol. The number of nitrogens with zero attached hydrogens (tertiary/aromatic N) is 2. The maximum absolute atomic E-state index is 14.8. The fourth-order valence-electron chi connectivity index (χ4n) is 3.27. The van der Waals surface area contributed by atoms with E-state index in [1.165, 1.54) is 42.7 Å². The Balaban J connectivity index is 1.66. The minimum absolute atomic E-state index is 0.0613. The molecular formula is C25H17ClF3N3O4. The molecule has 0 aliphatic rings. The van der Waals surface area contributed by atoms with E-state index in [0.29, 0.717) is 6.07 Å². The topological polar surface area (TPSA) is 82.5 Å². The van der Waals surface area contributed by atoms with Gasteiger partial charge in [0.2, 0.25) is 0 Å². The van der Waals surface area contributed by atoms with E-state index in [2.05, 4.69) is 10.3 Å². The summed E-state index contributed by atoms with van der Waals surface area (Å²) in [5.41, 5.74) is -1.50. The molecule has 2 aromatic carbocycles. The monoisotopic (exact) mass is 515 g/mol. The Bertz CT molecular complexity index is 1490. The molecule has 0 radical (unpaired) electrons. The van der Waals surface area contributed by atoms with Crippen molar-refractivity contribution in [1.82, 2.24) is 9.55 Å². The summed E-state index contributed by atoms with van der Waals surface area (Å²) in [6, 6.07) is 10.5. The number of halogens is 4. The number of amides is 1.